The van der Waals surface area contributed by atoms with E-state index in [-0.39, 0.29) is 18.3 Å². The molecule has 9 aromatic heterocycles. The Hall–Kier alpha value is -9.32. The maximum Gasteiger partial charge on any atom is 0.496 e. The number of nitrogens with one attached hydrogen (secondary N) is 3. The predicted octanol–water partition coefficient (Wildman–Crippen LogP) is 24.4. The summed E-state index contributed by atoms with van der Waals surface area (Å²) >= 11 is 26.6. The van der Waals surface area contributed by atoms with Crippen molar-refractivity contribution in [3.05, 3.63) is 215 Å². The predicted molar refractivity (Wildman–Crippen MR) is 491 cm³/mol. The third-order valence-corrected chi connectivity index (χ3v) is 25.2. The van der Waals surface area contributed by atoms with E-state index in [1.807, 2.05) is 218 Å². The minimum Gasteiger partial charge on any atom is -0.479 e. The van der Waals surface area contributed by atoms with Crippen LogP contribution >= 0.6 is 84.7 Å². The highest BCUT2D eigenvalue weighted by molar-refractivity contribution is 9.11. The quantitative estimate of drug-likeness (QED) is 0.0549. The number of carbonyl (C=O) groups excluding carboxylic acids is 2. The van der Waals surface area contributed by atoms with Gasteiger partial charge in [-0.05, 0) is 270 Å². The monoisotopic (exact) mass is 1790 g/mol. The largest absolute Gasteiger partial charge is 0.496 e. The summed E-state index contributed by atoms with van der Waals surface area (Å²) in [4.78, 5) is 75.9. The molecule has 4 N–H and O–H groups in total. The smallest absolute Gasteiger partial charge is 0.479 e. The standard InChI is InChI=1S/C29H28ClN3O3S.C28H26ClN3O3S.C21H21BrClNO3S.C14H19BN2O2/c1-15-11-21-25(37-27(33-21)18-12-20-16(2)13-31-26(20)32-14-18)23(17-7-9-19(30)10-8-17)22(15)24(28(34)35-6)36-29(3,4)5;1-14-10-20-24(36-26(32-20)17-11-19-15(2)12-30-25(19)31-13-17)22(16-6-8-18(29)9-7-16)21(14)23(27(33)34)35-28(3,4)5;1-11-10-14-18(28-20(22)24-14)16(12-6-8-13(23)9-7-12)15(11)17(19(25)26-5)27-21(2,3)4;1-9-7-16-12-11(9)6-10(8-17-12)15-18-13(2,3)14(4,5)19-15/h7-14,24H,1-6H3,(H,31,32);6-13,23H,1-5H3,(H,30,31)(H,33,34);6-10,17H,1-5H3;6-8H,1-5H3,(H,16,17)/t24-;23-;17-;/m000./s1. The average molecular weight is 1800 g/mol. The maximum atomic E-state index is 13.1. The number of carbonyl (C=O) groups is 3. The van der Waals surface area contributed by atoms with E-state index >= 15 is 0 Å². The minimum absolute atomic E-state index is 0.320. The number of aryl methyl sites for hydroxylation is 6. The number of nitrogens with zero attached hydrogens (tertiary/aromatic N) is 6. The van der Waals surface area contributed by atoms with Crippen LogP contribution in [-0.2, 0) is 47.4 Å². The molecule has 15 aromatic rings. The normalized spacial score (nSPS) is 14.2. The lowest BCUT2D eigenvalue weighted by atomic mass is 9.80. The van der Waals surface area contributed by atoms with Gasteiger partial charge in [0, 0.05) is 118 Å². The Balaban J connectivity index is 0.000000142. The molecule has 20 nitrogen and oxygen atoms in total. The van der Waals surface area contributed by atoms with E-state index in [4.69, 9.17) is 77.8 Å². The molecule has 622 valence electrons. The Kier molecular flexibility index (Phi) is 25.7. The Morgan fingerprint density at radius 2 is 0.767 bits per heavy atom. The van der Waals surface area contributed by atoms with Gasteiger partial charge >= 0.3 is 25.0 Å². The molecule has 0 unspecified atom stereocenters. The SMILES string of the molecule is COC(=O)[C@@H](OC(C)(C)C)c1c(C)cc2nc(-c3cnc4[nH]cc(C)c4c3)sc2c1-c1ccc(Cl)cc1.COC(=O)[C@@H](OC(C)(C)C)c1c(C)cc2nc(Br)sc2c1-c1ccc(Cl)cc1.Cc1c[nH]c2ncc(B3OC(C)(C)C(C)(C)O3)cc12.Cc1cc2nc(-c3cnc4[nH]cc(C)c4c3)sc2c(-c2ccc(Cl)cc2)c1[C@H](OC(C)(C)C)C(=O)O. The summed E-state index contributed by atoms with van der Waals surface area (Å²) in [7, 11) is 2.41. The molecule has 0 amide bonds. The Morgan fingerprint density at radius 3 is 1.11 bits per heavy atom. The molecule has 10 heterocycles. The van der Waals surface area contributed by atoms with Crippen molar-refractivity contribution >= 4 is 179 Å². The Bertz CT molecular complexity index is 6380. The number of fused-ring (bicyclic) bond motifs is 6. The molecule has 1 fully saturated rings. The van der Waals surface area contributed by atoms with Crippen LogP contribution < -0.4 is 5.46 Å². The third-order valence-electron chi connectivity index (χ3n) is 20.7. The van der Waals surface area contributed by atoms with Crippen LogP contribution in [0.2, 0.25) is 15.1 Å². The second kappa shape index (κ2) is 34.9. The van der Waals surface area contributed by atoms with E-state index in [0.29, 0.717) is 20.6 Å². The molecule has 0 saturated carbocycles. The van der Waals surface area contributed by atoms with Gasteiger partial charge in [-0.15, -0.1) is 34.0 Å². The summed E-state index contributed by atoms with van der Waals surface area (Å²) in [5, 5.41) is 17.0. The molecule has 1 saturated heterocycles. The van der Waals surface area contributed by atoms with Gasteiger partial charge in [0.25, 0.3) is 0 Å². The lowest BCUT2D eigenvalue weighted by Gasteiger charge is -2.32. The summed E-state index contributed by atoms with van der Waals surface area (Å²) in [6.45, 7) is 37.3. The van der Waals surface area contributed by atoms with Gasteiger partial charge in [0.1, 0.15) is 27.0 Å². The van der Waals surface area contributed by atoms with Crippen molar-refractivity contribution in [2.45, 2.75) is 178 Å². The topological polar surface area (TPSA) is 261 Å². The molecule has 0 spiro atoms. The van der Waals surface area contributed by atoms with Crippen molar-refractivity contribution < 1.29 is 52.5 Å². The second-order valence-electron chi connectivity index (χ2n) is 33.6. The zero-order chi connectivity index (χ0) is 86.7. The van der Waals surface area contributed by atoms with Gasteiger partial charge in [0.2, 0.25) is 0 Å². The van der Waals surface area contributed by atoms with Crippen molar-refractivity contribution in [3.8, 4) is 54.5 Å². The summed E-state index contributed by atoms with van der Waals surface area (Å²) in [6.07, 6.45) is 8.41. The van der Waals surface area contributed by atoms with E-state index < -0.39 is 53.0 Å². The van der Waals surface area contributed by atoms with E-state index in [2.05, 4.69) is 111 Å². The number of methoxy groups -OCH3 is 2. The van der Waals surface area contributed by atoms with E-state index in [0.717, 1.165) is 167 Å². The zero-order valence-electron chi connectivity index (χ0n) is 70.6. The minimum atomic E-state index is -1.15. The van der Waals surface area contributed by atoms with Crippen molar-refractivity contribution in [1.82, 2.24) is 44.9 Å². The number of ether oxygens (including phenoxy) is 5. The summed E-state index contributed by atoms with van der Waals surface area (Å²) in [5.74, 6) is -1.92. The van der Waals surface area contributed by atoms with Crippen molar-refractivity contribution in [2.75, 3.05) is 14.2 Å². The first-order valence-corrected chi connectivity index (χ1v) is 43.2. The third kappa shape index (κ3) is 19.1. The molecule has 0 bridgehead atoms. The molecular weight excluding hydrogens is 1700 g/mol. The first-order chi connectivity index (χ1) is 56.5. The van der Waals surface area contributed by atoms with Gasteiger partial charge in [-0.2, -0.15) is 0 Å². The van der Waals surface area contributed by atoms with Crippen molar-refractivity contribution in [2.24, 2.45) is 0 Å². The number of H-pyrrole nitrogens is 3. The van der Waals surface area contributed by atoms with E-state index in [1.54, 1.807) is 11.3 Å². The number of aliphatic carboxylic acids is 1. The molecule has 16 rings (SSSR count). The van der Waals surface area contributed by atoms with Gasteiger partial charge in [0.05, 0.1) is 72.9 Å². The molecule has 0 radical (unpaired) electrons. The van der Waals surface area contributed by atoms with Gasteiger partial charge in [0.15, 0.2) is 22.2 Å². The molecule has 3 atom stereocenters. The molecule has 0 aliphatic carbocycles. The van der Waals surface area contributed by atoms with E-state index in [1.165, 1.54) is 42.5 Å². The van der Waals surface area contributed by atoms with E-state index in [9.17, 15) is 19.5 Å². The number of thiazole rings is 3. The fourth-order valence-corrected chi connectivity index (χ4v) is 18.4. The van der Waals surface area contributed by atoms with Crippen LogP contribution in [-0.4, -0.2) is 117 Å². The number of halogens is 4. The number of pyridine rings is 3. The Labute approximate surface area is 732 Å². The number of esters is 2. The maximum absolute atomic E-state index is 13.1. The lowest BCUT2D eigenvalue weighted by Crippen LogP contribution is -2.41. The van der Waals surface area contributed by atoms with Gasteiger partial charge < -0.3 is 53.1 Å². The number of carboxylic acids is 1. The van der Waals surface area contributed by atoms with Gasteiger partial charge in [-0.3, -0.25) is 0 Å². The van der Waals surface area contributed by atoms with Crippen LogP contribution in [0.25, 0.3) is 118 Å². The van der Waals surface area contributed by atoms with Crippen LogP contribution in [0.5, 0.6) is 0 Å². The highest BCUT2D eigenvalue weighted by Gasteiger charge is 2.52. The highest BCUT2D eigenvalue weighted by Crippen LogP contribution is 2.49. The summed E-state index contributed by atoms with van der Waals surface area (Å²) < 4.78 is 44.5. The van der Waals surface area contributed by atoms with Crippen LogP contribution in [0.4, 0.5) is 0 Å². The summed E-state index contributed by atoms with van der Waals surface area (Å²) in [5.41, 5.74) is 19.0. The lowest BCUT2D eigenvalue weighted by molar-refractivity contribution is -0.164. The van der Waals surface area contributed by atoms with Crippen LogP contribution in [0.1, 0.15) is 158 Å². The number of benzene rings is 6. The first kappa shape index (κ1) is 88.5. The van der Waals surface area contributed by atoms with Gasteiger partial charge in [-0.1, -0.05) is 71.2 Å². The number of hydrogen-bond acceptors (Lipinski definition) is 19. The number of rotatable bonds is 15. The second-order valence-corrected chi connectivity index (χ2v) is 39.2. The fraction of sp³-hybridized carbons (Fsp3) is 0.315. The number of hydrogen-bond donors (Lipinski definition) is 4. The van der Waals surface area contributed by atoms with Crippen molar-refractivity contribution in [3.63, 3.8) is 0 Å². The molecule has 1 aliphatic heterocycles. The zero-order valence-corrected chi connectivity index (χ0v) is 76.9. The van der Waals surface area contributed by atoms with Gasteiger partial charge in [-0.25, -0.2) is 44.3 Å². The van der Waals surface area contributed by atoms with Crippen LogP contribution in [0, 0.1) is 41.5 Å². The van der Waals surface area contributed by atoms with Crippen molar-refractivity contribution in [1.29, 1.82) is 0 Å². The summed E-state index contributed by atoms with van der Waals surface area (Å²) in [6, 6.07) is 34.8. The molecule has 120 heavy (non-hydrogen) atoms. The van der Waals surface area contributed by atoms with Crippen LogP contribution in [0.15, 0.2) is 150 Å². The highest BCUT2D eigenvalue weighted by atomic mass is 79.9. The first-order valence-electron chi connectivity index (χ1n) is 38.8. The molecule has 28 heteroatoms. The molecule has 6 aromatic carbocycles. The number of aromatic nitrogens is 9. The van der Waals surface area contributed by atoms with Crippen LogP contribution in [0.3, 0.4) is 0 Å². The number of aromatic amines is 3. The molecule has 1 aliphatic rings. The number of carboxylic acid groups (broad SMARTS) is 1. The average Bonchev–Trinajstić information content (AvgIpc) is 1.54. The molecular formula is C92H94BBrCl3N9O11S3. The Morgan fingerprint density at radius 1 is 0.450 bits per heavy atom. The fourth-order valence-electron chi connectivity index (χ4n) is 14.3.